The number of rotatable bonds is 2. The van der Waals surface area contributed by atoms with Crippen LogP contribution in [0.25, 0.3) is 20.8 Å². The van der Waals surface area contributed by atoms with Crippen LogP contribution in [0.5, 0.6) is 5.75 Å². The van der Waals surface area contributed by atoms with E-state index in [2.05, 4.69) is 4.98 Å². The quantitative estimate of drug-likeness (QED) is 0.719. The molecule has 1 heterocycles. The molecule has 0 bridgehead atoms. The maximum Gasteiger partial charge on any atom is 0.126 e. The Morgan fingerprint density at radius 2 is 2.05 bits per heavy atom. The van der Waals surface area contributed by atoms with Gasteiger partial charge in [-0.25, -0.2) is 4.98 Å². The number of nitrogen functional groups attached to an aromatic ring is 1. The predicted molar refractivity (Wildman–Crippen MR) is 81.0 cm³/mol. The predicted octanol–water partition coefficient (Wildman–Crippen LogP) is 4.21. The summed E-state index contributed by atoms with van der Waals surface area (Å²) in [7, 11) is 1.65. The molecule has 0 saturated carbocycles. The zero-order valence-electron chi connectivity index (χ0n) is 10.2. The van der Waals surface area contributed by atoms with Crippen molar-refractivity contribution in [1.82, 2.24) is 4.98 Å². The number of ether oxygens (including phenoxy) is 1. The molecule has 0 saturated heterocycles. The molecular formula is C14H11ClN2OS. The van der Waals surface area contributed by atoms with E-state index in [0.29, 0.717) is 10.7 Å². The van der Waals surface area contributed by atoms with Crippen LogP contribution in [0.4, 0.5) is 5.69 Å². The minimum absolute atomic E-state index is 0.653. The standard InChI is InChI=1S/C14H11ClN2OS/c1-18-9-3-5-12-13(7-9)19-14(17-12)10-6-8(16)2-4-11(10)15/h2-7H,16H2,1H3. The van der Waals surface area contributed by atoms with Crippen LogP contribution >= 0.6 is 22.9 Å². The molecule has 0 atom stereocenters. The number of hydrogen-bond acceptors (Lipinski definition) is 4. The average Bonchev–Trinajstić information content (AvgIpc) is 2.83. The number of nitrogens with two attached hydrogens (primary N) is 1. The highest BCUT2D eigenvalue weighted by atomic mass is 35.5. The SMILES string of the molecule is COc1ccc2nc(-c3cc(N)ccc3Cl)sc2c1. The molecule has 3 nitrogen and oxygen atoms in total. The summed E-state index contributed by atoms with van der Waals surface area (Å²) in [6, 6.07) is 11.2. The van der Waals surface area contributed by atoms with E-state index < -0.39 is 0 Å². The van der Waals surface area contributed by atoms with Crippen LogP contribution in [0.2, 0.25) is 5.02 Å². The maximum atomic E-state index is 6.20. The van der Waals surface area contributed by atoms with E-state index in [1.807, 2.05) is 24.3 Å². The van der Waals surface area contributed by atoms with Crippen molar-refractivity contribution in [3.63, 3.8) is 0 Å². The van der Waals surface area contributed by atoms with Crippen molar-refractivity contribution in [2.75, 3.05) is 12.8 Å². The van der Waals surface area contributed by atoms with Crippen molar-refractivity contribution < 1.29 is 4.74 Å². The molecular weight excluding hydrogens is 280 g/mol. The largest absolute Gasteiger partial charge is 0.497 e. The third kappa shape index (κ3) is 2.25. The van der Waals surface area contributed by atoms with Gasteiger partial charge in [-0.05, 0) is 36.4 Å². The summed E-state index contributed by atoms with van der Waals surface area (Å²) < 4.78 is 6.28. The van der Waals surface area contributed by atoms with Crippen molar-refractivity contribution in [1.29, 1.82) is 0 Å². The smallest absolute Gasteiger partial charge is 0.126 e. The van der Waals surface area contributed by atoms with E-state index in [-0.39, 0.29) is 0 Å². The lowest BCUT2D eigenvalue weighted by atomic mass is 10.2. The number of aromatic nitrogens is 1. The Kier molecular flexibility index (Phi) is 3.05. The number of hydrogen-bond donors (Lipinski definition) is 1. The van der Waals surface area contributed by atoms with Crippen molar-refractivity contribution in [3.05, 3.63) is 41.4 Å². The van der Waals surface area contributed by atoms with E-state index in [9.17, 15) is 0 Å². The second-order valence-electron chi connectivity index (χ2n) is 4.09. The Labute approximate surface area is 119 Å². The first-order chi connectivity index (χ1) is 9.17. The fourth-order valence-electron chi connectivity index (χ4n) is 1.85. The van der Waals surface area contributed by atoms with Gasteiger partial charge in [-0.2, -0.15) is 0 Å². The normalized spacial score (nSPS) is 10.8. The van der Waals surface area contributed by atoms with E-state index in [1.54, 1.807) is 30.6 Å². The van der Waals surface area contributed by atoms with Gasteiger partial charge in [0, 0.05) is 11.3 Å². The molecule has 0 aliphatic carbocycles. The molecule has 3 aromatic rings. The van der Waals surface area contributed by atoms with Gasteiger partial charge in [-0.3, -0.25) is 0 Å². The molecule has 19 heavy (non-hydrogen) atoms. The fraction of sp³-hybridized carbons (Fsp3) is 0.0714. The van der Waals surface area contributed by atoms with Gasteiger partial charge < -0.3 is 10.5 Å². The van der Waals surface area contributed by atoms with Crippen molar-refractivity contribution >= 4 is 38.8 Å². The van der Waals surface area contributed by atoms with E-state index >= 15 is 0 Å². The Hall–Kier alpha value is -1.78. The van der Waals surface area contributed by atoms with Gasteiger partial charge in [0.2, 0.25) is 0 Å². The number of methoxy groups -OCH3 is 1. The zero-order valence-corrected chi connectivity index (χ0v) is 11.8. The summed E-state index contributed by atoms with van der Waals surface area (Å²) in [6.07, 6.45) is 0. The highest BCUT2D eigenvalue weighted by molar-refractivity contribution is 7.21. The van der Waals surface area contributed by atoms with E-state index in [1.165, 1.54) is 0 Å². The lowest BCUT2D eigenvalue weighted by molar-refractivity contribution is 0.415. The lowest BCUT2D eigenvalue weighted by Crippen LogP contribution is -1.86. The Balaban J connectivity index is 2.17. The molecule has 96 valence electrons. The van der Waals surface area contributed by atoms with Crippen LogP contribution in [0.15, 0.2) is 36.4 Å². The third-order valence-electron chi connectivity index (χ3n) is 2.82. The number of benzene rings is 2. The zero-order chi connectivity index (χ0) is 13.4. The first-order valence-corrected chi connectivity index (χ1v) is 6.87. The van der Waals surface area contributed by atoms with Crippen molar-refractivity contribution in [2.24, 2.45) is 0 Å². The first-order valence-electron chi connectivity index (χ1n) is 5.67. The third-order valence-corrected chi connectivity index (χ3v) is 4.20. The minimum Gasteiger partial charge on any atom is -0.497 e. The molecule has 2 N–H and O–H groups in total. The molecule has 0 aliphatic heterocycles. The van der Waals surface area contributed by atoms with Gasteiger partial charge in [0.1, 0.15) is 10.8 Å². The van der Waals surface area contributed by atoms with Crippen LogP contribution in [-0.2, 0) is 0 Å². The van der Waals surface area contributed by atoms with Gasteiger partial charge in [0.15, 0.2) is 0 Å². The number of nitrogens with zero attached hydrogens (tertiary/aromatic N) is 1. The Morgan fingerprint density at radius 1 is 1.21 bits per heavy atom. The first kappa shape index (κ1) is 12.3. The summed E-state index contributed by atoms with van der Waals surface area (Å²) in [5.74, 6) is 0.821. The summed E-state index contributed by atoms with van der Waals surface area (Å²) in [6.45, 7) is 0. The number of thiazole rings is 1. The molecule has 0 unspecified atom stereocenters. The second kappa shape index (κ2) is 4.72. The molecule has 0 fully saturated rings. The van der Waals surface area contributed by atoms with Gasteiger partial charge in [-0.1, -0.05) is 11.6 Å². The van der Waals surface area contributed by atoms with Crippen LogP contribution < -0.4 is 10.5 Å². The highest BCUT2D eigenvalue weighted by Crippen LogP contribution is 2.36. The molecule has 2 aromatic carbocycles. The van der Waals surface area contributed by atoms with Crippen molar-refractivity contribution in [3.8, 4) is 16.3 Å². The molecule has 0 aliphatic rings. The molecule has 1 aromatic heterocycles. The monoisotopic (exact) mass is 290 g/mol. The summed E-state index contributed by atoms with van der Waals surface area (Å²) in [4.78, 5) is 4.58. The Morgan fingerprint density at radius 3 is 2.84 bits per heavy atom. The second-order valence-corrected chi connectivity index (χ2v) is 5.53. The fourth-order valence-corrected chi connectivity index (χ4v) is 3.14. The lowest BCUT2D eigenvalue weighted by Gasteiger charge is -2.01. The van der Waals surface area contributed by atoms with Gasteiger partial charge in [-0.15, -0.1) is 11.3 Å². The van der Waals surface area contributed by atoms with Crippen LogP contribution in [0.1, 0.15) is 0 Å². The van der Waals surface area contributed by atoms with E-state index in [0.717, 1.165) is 26.5 Å². The highest BCUT2D eigenvalue weighted by Gasteiger charge is 2.10. The summed E-state index contributed by atoms with van der Waals surface area (Å²) in [5.41, 5.74) is 8.27. The van der Waals surface area contributed by atoms with Crippen LogP contribution in [0.3, 0.4) is 0 Å². The van der Waals surface area contributed by atoms with Crippen LogP contribution in [0, 0.1) is 0 Å². The average molecular weight is 291 g/mol. The minimum atomic E-state index is 0.653. The topological polar surface area (TPSA) is 48.1 Å². The van der Waals surface area contributed by atoms with E-state index in [4.69, 9.17) is 22.1 Å². The van der Waals surface area contributed by atoms with Gasteiger partial charge >= 0.3 is 0 Å². The Bertz CT molecular complexity index is 754. The summed E-state index contributed by atoms with van der Waals surface area (Å²) in [5, 5.41) is 1.51. The maximum absolute atomic E-state index is 6.20. The molecule has 0 radical (unpaired) electrons. The van der Waals surface area contributed by atoms with Crippen LogP contribution in [-0.4, -0.2) is 12.1 Å². The number of fused-ring (bicyclic) bond motifs is 1. The van der Waals surface area contributed by atoms with Crippen molar-refractivity contribution in [2.45, 2.75) is 0 Å². The number of halogens is 1. The molecule has 0 amide bonds. The molecule has 5 heteroatoms. The van der Waals surface area contributed by atoms with Gasteiger partial charge in [0.05, 0.1) is 22.3 Å². The van der Waals surface area contributed by atoms with Gasteiger partial charge in [0.25, 0.3) is 0 Å². The number of anilines is 1. The molecule has 3 rings (SSSR count). The summed E-state index contributed by atoms with van der Waals surface area (Å²) >= 11 is 7.77. The molecule has 0 spiro atoms.